The standard InChI is InChI=1S/C7H14O5Si.C6H15BrO3Si/c1-5-7(8)12-6-13(9-2,10-3)11-4;1-8-11(9-2,10-3)6-4-5-7/h5H,1,6H2,2-4H3;4-6H2,1-3H3. The van der Waals surface area contributed by atoms with Gasteiger partial charge in [0.2, 0.25) is 0 Å². The van der Waals surface area contributed by atoms with Crippen LogP contribution in [0.25, 0.3) is 0 Å². The van der Waals surface area contributed by atoms with Crippen LogP contribution in [0.1, 0.15) is 6.42 Å². The molecule has 0 aromatic rings. The molecule has 0 spiro atoms. The minimum atomic E-state index is -2.79. The van der Waals surface area contributed by atoms with Crippen LogP contribution in [0.4, 0.5) is 0 Å². The van der Waals surface area contributed by atoms with Gasteiger partial charge in [-0.05, 0) is 6.42 Å². The minimum Gasteiger partial charge on any atom is -0.458 e. The number of ether oxygens (including phenoxy) is 1. The molecule has 0 saturated carbocycles. The van der Waals surface area contributed by atoms with Crippen LogP contribution < -0.4 is 0 Å². The average molecular weight is 449 g/mol. The van der Waals surface area contributed by atoms with Crippen LogP contribution in [0, 0.1) is 0 Å². The predicted octanol–water partition coefficient (Wildman–Crippen LogP) is 1.78. The number of hydrogen-bond acceptors (Lipinski definition) is 8. The number of esters is 1. The highest BCUT2D eigenvalue weighted by Crippen LogP contribution is 2.15. The Morgan fingerprint density at radius 2 is 1.33 bits per heavy atom. The van der Waals surface area contributed by atoms with Crippen LogP contribution in [-0.4, -0.2) is 77.8 Å². The van der Waals surface area contributed by atoms with Gasteiger partial charge < -0.3 is 31.3 Å². The lowest BCUT2D eigenvalue weighted by atomic mass is 10.6. The molecule has 0 aromatic heterocycles. The van der Waals surface area contributed by atoms with E-state index in [1.54, 1.807) is 21.3 Å². The third kappa shape index (κ3) is 10.0. The molecule has 0 amide bonds. The third-order valence-corrected chi connectivity index (χ3v) is 8.80. The molecule has 144 valence electrons. The Balaban J connectivity index is 0. The first-order chi connectivity index (χ1) is 11.4. The van der Waals surface area contributed by atoms with E-state index in [1.165, 1.54) is 21.3 Å². The lowest BCUT2D eigenvalue weighted by Gasteiger charge is -2.23. The Kier molecular flexibility index (Phi) is 16.5. The predicted molar refractivity (Wildman–Crippen MR) is 97.9 cm³/mol. The summed E-state index contributed by atoms with van der Waals surface area (Å²) in [5.74, 6) is -0.525. The van der Waals surface area contributed by atoms with Crippen molar-refractivity contribution >= 4 is 39.5 Å². The lowest BCUT2D eigenvalue weighted by molar-refractivity contribution is -0.137. The van der Waals surface area contributed by atoms with Crippen molar-refractivity contribution < 1.29 is 36.1 Å². The van der Waals surface area contributed by atoms with Crippen LogP contribution in [0.2, 0.25) is 6.04 Å². The van der Waals surface area contributed by atoms with Gasteiger partial charge in [0.25, 0.3) is 0 Å². The van der Waals surface area contributed by atoms with Crippen molar-refractivity contribution in [2.45, 2.75) is 12.5 Å². The summed E-state index contributed by atoms with van der Waals surface area (Å²) >= 11 is 3.35. The highest BCUT2D eigenvalue weighted by molar-refractivity contribution is 9.09. The lowest BCUT2D eigenvalue weighted by Crippen LogP contribution is -2.48. The van der Waals surface area contributed by atoms with Crippen LogP contribution in [0.15, 0.2) is 12.7 Å². The summed E-state index contributed by atoms with van der Waals surface area (Å²) in [6.45, 7) is 3.26. The highest BCUT2D eigenvalue weighted by atomic mass is 79.9. The maximum atomic E-state index is 10.7. The average Bonchev–Trinajstić information content (AvgIpc) is 2.65. The van der Waals surface area contributed by atoms with E-state index in [9.17, 15) is 4.79 Å². The highest BCUT2D eigenvalue weighted by Gasteiger charge is 2.40. The molecule has 0 saturated heterocycles. The van der Waals surface area contributed by atoms with Gasteiger partial charge in [-0.25, -0.2) is 4.79 Å². The van der Waals surface area contributed by atoms with Crippen LogP contribution in [0.5, 0.6) is 0 Å². The Morgan fingerprint density at radius 1 is 0.917 bits per heavy atom. The first kappa shape index (κ1) is 26.1. The van der Waals surface area contributed by atoms with Crippen molar-refractivity contribution in [3.05, 3.63) is 12.7 Å². The smallest absolute Gasteiger partial charge is 0.458 e. The van der Waals surface area contributed by atoms with Crippen molar-refractivity contribution in [2.75, 3.05) is 54.2 Å². The fourth-order valence-corrected chi connectivity index (χ4v) is 5.18. The fourth-order valence-electron chi connectivity index (χ4n) is 1.48. The van der Waals surface area contributed by atoms with Gasteiger partial charge in [0, 0.05) is 60.1 Å². The molecule has 0 bridgehead atoms. The first-order valence-electron chi connectivity index (χ1n) is 7.04. The summed E-state index contributed by atoms with van der Waals surface area (Å²) in [5.41, 5.74) is 0. The van der Waals surface area contributed by atoms with Gasteiger partial charge in [0.1, 0.15) is 0 Å². The Morgan fingerprint density at radius 3 is 1.62 bits per heavy atom. The van der Waals surface area contributed by atoms with E-state index in [1.807, 2.05) is 0 Å². The van der Waals surface area contributed by atoms with E-state index in [0.717, 1.165) is 23.9 Å². The zero-order valence-corrected chi connectivity index (χ0v) is 18.8. The molecule has 0 fully saturated rings. The van der Waals surface area contributed by atoms with Gasteiger partial charge in [-0.2, -0.15) is 0 Å². The van der Waals surface area contributed by atoms with Crippen LogP contribution in [0.3, 0.4) is 0 Å². The third-order valence-electron chi connectivity index (χ3n) is 3.04. The van der Waals surface area contributed by atoms with Gasteiger partial charge in [-0.1, -0.05) is 22.5 Å². The molecule has 0 unspecified atom stereocenters. The molecule has 0 N–H and O–H groups in total. The quantitative estimate of drug-likeness (QED) is 0.193. The second-order valence-corrected chi connectivity index (χ2v) is 11.0. The Labute approximate surface area is 155 Å². The number of carbonyl (C=O) groups is 1. The van der Waals surface area contributed by atoms with Crippen molar-refractivity contribution in [3.8, 4) is 0 Å². The Hall–Kier alpha value is -0.116. The van der Waals surface area contributed by atoms with E-state index >= 15 is 0 Å². The molecule has 0 aliphatic rings. The second kappa shape index (κ2) is 15.2. The second-order valence-electron chi connectivity index (χ2n) is 4.20. The molecule has 0 atom stereocenters. The molecular weight excluding hydrogens is 420 g/mol. The van der Waals surface area contributed by atoms with E-state index in [4.69, 9.17) is 31.3 Å². The summed E-state index contributed by atoms with van der Waals surface area (Å²) < 4.78 is 35.4. The van der Waals surface area contributed by atoms with Crippen molar-refractivity contribution in [1.82, 2.24) is 0 Å². The monoisotopic (exact) mass is 448 g/mol. The van der Waals surface area contributed by atoms with Crippen molar-refractivity contribution in [2.24, 2.45) is 0 Å². The Bertz CT molecular complexity index is 321. The van der Waals surface area contributed by atoms with Gasteiger partial charge in [0.05, 0.1) is 0 Å². The van der Waals surface area contributed by atoms with Crippen LogP contribution in [-0.2, 0) is 36.1 Å². The molecule has 0 aromatic carbocycles. The van der Waals surface area contributed by atoms with E-state index < -0.39 is 23.6 Å². The molecule has 11 heteroatoms. The van der Waals surface area contributed by atoms with Gasteiger partial charge in [-0.15, -0.1) is 0 Å². The first-order valence-corrected chi connectivity index (χ1v) is 12.0. The van der Waals surface area contributed by atoms with Crippen molar-refractivity contribution in [3.63, 3.8) is 0 Å². The summed E-state index contributed by atoms with van der Waals surface area (Å²) in [7, 11) is 4.18. The summed E-state index contributed by atoms with van der Waals surface area (Å²) in [4.78, 5) is 10.7. The zero-order valence-electron chi connectivity index (χ0n) is 15.3. The number of hydrogen-bond donors (Lipinski definition) is 0. The number of rotatable bonds is 12. The molecule has 8 nitrogen and oxygen atoms in total. The zero-order chi connectivity index (χ0) is 19.1. The maximum Gasteiger partial charge on any atom is 0.539 e. The van der Waals surface area contributed by atoms with E-state index in [0.29, 0.717) is 0 Å². The topological polar surface area (TPSA) is 81.7 Å². The van der Waals surface area contributed by atoms with E-state index in [-0.39, 0.29) is 6.23 Å². The minimum absolute atomic E-state index is 0.0125. The molecule has 0 heterocycles. The number of halogens is 1. The summed E-state index contributed by atoms with van der Waals surface area (Å²) in [6.07, 6.45) is 2.07. The molecule has 24 heavy (non-hydrogen) atoms. The fraction of sp³-hybridized carbons (Fsp3) is 0.769. The van der Waals surface area contributed by atoms with Gasteiger partial charge >= 0.3 is 23.6 Å². The van der Waals surface area contributed by atoms with Gasteiger partial charge in [-0.3, -0.25) is 0 Å². The molecule has 0 aliphatic heterocycles. The number of alkyl halides is 1. The van der Waals surface area contributed by atoms with Gasteiger partial charge in [0.15, 0.2) is 6.23 Å². The summed E-state index contributed by atoms with van der Waals surface area (Å²) in [6, 6.07) is 0.863. The summed E-state index contributed by atoms with van der Waals surface area (Å²) in [5, 5.41) is 0.956. The molecule has 0 radical (unpaired) electrons. The van der Waals surface area contributed by atoms with E-state index in [2.05, 4.69) is 22.5 Å². The SMILES string of the molecule is C=CC(=O)OC[Si](OC)(OC)OC.CO[Si](CCCBr)(OC)OC. The maximum absolute atomic E-state index is 10.7. The number of carbonyl (C=O) groups excluding carboxylic acids is 1. The van der Waals surface area contributed by atoms with Crippen molar-refractivity contribution in [1.29, 1.82) is 0 Å². The normalized spacial score (nSPS) is 11.5. The molecular formula is C13H29BrO8Si2. The van der Waals surface area contributed by atoms with Crippen LogP contribution >= 0.6 is 15.9 Å². The molecule has 0 aliphatic carbocycles. The molecule has 0 rings (SSSR count). The largest absolute Gasteiger partial charge is 0.539 e.